The van der Waals surface area contributed by atoms with Crippen molar-refractivity contribution < 1.29 is 9.15 Å². The molecular formula is C15H14N2O2. The first-order valence-electron chi connectivity index (χ1n) is 5.99. The molecule has 0 saturated carbocycles. The minimum Gasteiger partial charge on any atom is -0.497 e. The van der Waals surface area contributed by atoms with E-state index in [1.165, 1.54) is 0 Å². The molecule has 1 aromatic heterocycles. The number of aromatic nitrogens is 1. The molecule has 4 heteroatoms. The number of ether oxygens (including phenoxy) is 1. The molecule has 0 unspecified atom stereocenters. The van der Waals surface area contributed by atoms with Gasteiger partial charge in [0, 0.05) is 11.8 Å². The topological polar surface area (TPSA) is 61.3 Å². The molecule has 3 aromatic rings. The van der Waals surface area contributed by atoms with E-state index < -0.39 is 0 Å². The van der Waals surface area contributed by atoms with Gasteiger partial charge in [0.1, 0.15) is 11.3 Å². The van der Waals surface area contributed by atoms with Crippen LogP contribution in [0.25, 0.3) is 22.6 Å². The smallest absolute Gasteiger partial charge is 0.229 e. The molecule has 4 nitrogen and oxygen atoms in total. The summed E-state index contributed by atoms with van der Waals surface area (Å²) < 4.78 is 10.9. The van der Waals surface area contributed by atoms with Gasteiger partial charge in [-0.15, -0.1) is 0 Å². The first-order chi connectivity index (χ1) is 9.19. The zero-order chi connectivity index (χ0) is 13.4. The molecule has 0 bridgehead atoms. The number of fused-ring (bicyclic) bond motifs is 1. The van der Waals surface area contributed by atoms with Crippen LogP contribution in [0.3, 0.4) is 0 Å². The van der Waals surface area contributed by atoms with Crippen molar-refractivity contribution in [3.8, 4) is 17.2 Å². The van der Waals surface area contributed by atoms with Crippen molar-refractivity contribution in [2.45, 2.75) is 6.92 Å². The fraction of sp³-hybridized carbons (Fsp3) is 0.133. The molecule has 0 spiro atoms. The Bertz CT molecular complexity index is 727. The quantitative estimate of drug-likeness (QED) is 0.712. The molecule has 3 rings (SSSR count). The monoisotopic (exact) mass is 254 g/mol. The summed E-state index contributed by atoms with van der Waals surface area (Å²) in [5.74, 6) is 1.30. The molecule has 0 fully saturated rings. The van der Waals surface area contributed by atoms with Crippen molar-refractivity contribution in [1.29, 1.82) is 0 Å². The fourth-order valence-corrected chi connectivity index (χ4v) is 2.12. The Labute approximate surface area is 110 Å². The molecule has 0 aliphatic heterocycles. The van der Waals surface area contributed by atoms with Crippen LogP contribution in [0.15, 0.2) is 40.8 Å². The van der Waals surface area contributed by atoms with Crippen molar-refractivity contribution in [3.63, 3.8) is 0 Å². The molecule has 0 atom stereocenters. The maximum atomic E-state index is 6.01. The lowest BCUT2D eigenvalue weighted by Gasteiger charge is -2.04. The third-order valence-electron chi connectivity index (χ3n) is 3.11. The number of hydrogen-bond donors (Lipinski definition) is 1. The van der Waals surface area contributed by atoms with Crippen LogP contribution in [0.2, 0.25) is 0 Å². The van der Waals surface area contributed by atoms with E-state index >= 15 is 0 Å². The van der Waals surface area contributed by atoms with Gasteiger partial charge in [-0.2, -0.15) is 0 Å². The number of nitrogens with two attached hydrogens (primary N) is 1. The minimum atomic E-state index is 0.541. The summed E-state index contributed by atoms with van der Waals surface area (Å²) in [4.78, 5) is 4.49. The number of oxazole rings is 1. The third-order valence-corrected chi connectivity index (χ3v) is 3.11. The van der Waals surface area contributed by atoms with E-state index in [-0.39, 0.29) is 0 Å². The van der Waals surface area contributed by atoms with Crippen molar-refractivity contribution in [2.75, 3.05) is 12.8 Å². The summed E-state index contributed by atoms with van der Waals surface area (Å²) in [6, 6.07) is 11.3. The Morgan fingerprint density at radius 2 is 2.05 bits per heavy atom. The lowest BCUT2D eigenvalue weighted by Crippen LogP contribution is -1.92. The predicted octanol–water partition coefficient (Wildman–Crippen LogP) is 3.39. The fourth-order valence-electron chi connectivity index (χ4n) is 2.12. The highest BCUT2D eigenvalue weighted by atomic mass is 16.5. The van der Waals surface area contributed by atoms with Gasteiger partial charge < -0.3 is 14.9 Å². The first-order valence-corrected chi connectivity index (χ1v) is 5.99. The molecule has 0 aliphatic rings. The first kappa shape index (κ1) is 11.6. The van der Waals surface area contributed by atoms with Gasteiger partial charge in [0.15, 0.2) is 5.58 Å². The average Bonchev–Trinajstić information content (AvgIpc) is 2.80. The maximum absolute atomic E-state index is 6.01. The maximum Gasteiger partial charge on any atom is 0.229 e. The molecule has 1 heterocycles. The second-order valence-corrected chi connectivity index (χ2v) is 4.39. The Morgan fingerprint density at radius 3 is 2.79 bits per heavy atom. The van der Waals surface area contributed by atoms with Gasteiger partial charge in [0.25, 0.3) is 0 Å². The van der Waals surface area contributed by atoms with Crippen LogP contribution in [0.4, 0.5) is 5.69 Å². The van der Waals surface area contributed by atoms with Crippen LogP contribution in [0.1, 0.15) is 5.56 Å². The van der Waals surface area contributed by atoms with Gasteiger partial charge in [0.05, 0.1) is 12.7 Å². The van der Waals surface area contributed by atoms with Crippen molar-refractivity contribution in [1.82, 2.24) is 4.98 Å². The highest BCUT2D eigenvalue weighted by Gasteiger charge is 2.13. The molecule has 2 aromatic carbocycles. The predicted molar refractivity (Wildman–Crippen MR) is 75.1 cm³/mol. The summed E-state index contributed by atoms with van der Waals surface area (Å²) in [5.41, 5.74) is 10.0. The van der Waals surface area contributed by atoms with E-state index in [4.69, 9.17) is 14.9 Å². The minimum absolute atomic E-state index is 0.541. The molecule has 96 valence electrons. The highest BCUT2D eigenvalue weighted by molar-refractivity contribution is 5.81. The Hall–Kier alpha value is -2.49. The standard InChI is InChI=1S/C15H14N2O2/c1-9-4-3-5-11(16)14(9)15-17-12-8-10(18-2)6-7-13(12)19-15/h3-8H,16H2,1-2H3. The van der Waals surface area contributed by atoms with Crippen molar-refractivity contribution in [2.24, 2.45) is 0 Å². The molecule has 19 heavy (non-hydrogen) atoms. The van der Waals surface area contributed by atoms with Crippen LogP contribution < -0.4 is 10.5 Å². The number of nitrogen functional groups attached to an aromatic ring is 1. The van der Waals surface area contributed by atoms with Crippen LogP contribution in [0.5, 0.6) is 5.75 Å². The number of nitrogens with zero attached hydrogens (tertiary/aromatic N) is 1. The number of aryl methyl sites for hydroxylation is 1. The largest absolute Gasteiger partial charge is 0.497 e. The Morgan fingerprint density at radius 1 is 1.21 bits per heavy atom. The molecule has 0 saturated heterocycles. The van der Waals surface area contributed by atoms with E-state index in [0.29, 0.717) is 11.6 Å². The normalized spacial score (nSPS) is 10.8. The molecule has 0 amide bonds. The van der Waals surface area contributed by atoms with Gasteiger partial charge in [-0.1, -0.05) is 12.1 Å². The van der Waals surface area contributed by atoms with Crippen LogP contribution in [-0.2, 0) is 0 Å². The SMILES string of the molecule is COc1ccc2oc(-c3c(C)cccc3N)nc2c1. The number of anilines is 1. The number of methoxy groups -OCH3 is 1. The number of benzene rings is 2. The third kappa shape index (κ3) is 1.91. The zero-order valence-corrected chi connectivity index (χ0v) is 10.8. The van der Waals surface area contributed by atoms with Gasteiger partial charge in [0.2, 0.25) is 5.89 Å². The second kappa shape index (κ2) is 4.31. The second-order valence-electron chi connectivity index (χ2n) is 4.39. The van der Waals surface area contributed by atoms with E-state index in [9.17, 15) is 0 Å². The summed E-state index contributed by atoms with van der Waals surface area (Å²) >= 11 is 0. The molecular weight excluding hydrogens is 240 g/mol. The van der Waals surface area contributed by atoms with E-state index in [1.54, 1.807) is 7.11 Å². The van der Waals surface area contributed by atoms with Crippen LogP contribution in [-0.4, -0.2) is 12.1 Å². The highest BCUT2D eigenvalue weighted by Crippen LogP contribution is 2.32. The number of rotatable bonds is 2. The zero-order valence-electron chi connectivity index (χ0n) is 10.8. The lowest BCUT2D eigenvalue weighted by molar-refractivity contribution is 0.415. The van der Waals surface area contributed by atoms with Crippen LogP contribution >= 0.6 is 0 Å². The summed E-state index contributed by atoms with van der Waals surface area (Å²) in [6.45, 7) is 1.99. The van der Waals surface area contributed by atoms with Crippen molar-refractivity contribution >= 4 is 16.8 Å². The molecule has 2 N–H and O–H groups in total. The number of hydrogen-bond acceptors (Lipinski definition) is 4. The average molecular weight is 254 g/mol. The molecule has 0 radical (unpaired) electrons. The Balaban J connectivity index is 2.21. The summed E-state index contributed by atoms with van der Waals surface area (Å²) in [7, 11) is 1.63. The van der Waals surface area contributed by atoms with Gasteiger partial charge >= 0.3 is 0 Å². The van der Waals surface area contributed by atoms with E-state index in [0.717, 1.165) is 28.0 Å². The summed E-state index contributed by atoms with van der Waals surface area (Å²) in [6.07, 6.45) is 0. The van der Waals surface area contributed by atoms with Gasteiger partial charge in [-0.3, -0.25) is 0 Å². The van der Waals surface area contributed by atoms with Crippen LogP contribution in [0, 0.1) is 6.92 Å². The van der Waals surface area contributed by atoms with E-state index in [1.807, 2.05) is 43.3 Å². The Kier molecular flexibility index (Phi) is 2.63. The van der Waals surface area contributed by atoms with Crippen molar-refractivity contribution in [3.05, 3.63) is 42.0 Å². The van der Waals surface area contributed by atoms with Gasteiger partial charge in [-0.25, -0.2) is 4.98 Å². The lowest BCUT2D eigenvalue weighted by atomic mass is 10.1. The molecule has 0 aliphatic carbocycles. The summed E-state index contributed by atoms with van der Waals surface area (Å²) in [5, 5.41) is 0. The van der Waals surface area contributed by atoms with Gasteiger partial charge in [-0.05, 0) is 30.7 Å². The van der Waals surface area contributed by atoms with E-state index in [2.05, 4.69) is 4.98 Å².